The van der Waals surface area contributed by atoms with Crippen molar-refractivity contribution < 1.29 is 0 Å². The first-order chi connectivity index (χ1) is 7.18. The summed E-state index contributed by atoms with van der Waals surface area (Å²) in [5.74, 6) is 0. The van der Waals surface area contributed by atoms with E-state index in [1.807, 2.05) is 11.3 Å². The van der Waals surface area contributed by atoms with E-state index in [0.717, 1.165) is 19.6 Å². The summed E-state index contributed by atoms with van der Waals surface area (Å²) in [5, 5.41) is 7.00. The van der Waals surface area contributed by atoms with Crippen LogP contribution in [0, 0.1) is 12.3 Å². The number of hydrogen-bond donors (Lipinski definition) is 2. The molecule has 2 heterocycles. The van der Waals surface area contributed by atoms with Gasteiger partial charge in [0.15, 0.2) is 0 Å². The van der Waals surface area contributed by atoms with Crippen LogP contribution in [0.5, 0.6) is 0 Å². The van der Waals surface area contributed by atoms with Crippen molar-refractivity contribution in [2.45, 2.75) is 26.8 Å². The van der Waals surface area contributed by atoms with E-state index in [2.05, 4.69) is 36.6 Å². The molecular formula is C12H20N2S. The minimum atomic E-state index is 0.465. The van der Waals surface area contributed by atoms with Crippen molar-refractivity contribution in [3.05, 3.63) is 21.9 Å². The average molecular weight is 224 g/mol. The standard InChI is InChI=1S/C12H20N2S/c1-10-3-4-11(15-10)7-14-9-12(2)5-6-13-8-12/h3-4,13-14H,5-9H2,1-2H3. The van der Waals surface area contributed by atoms with Crippen molar-refractivity contribution in [2.24, 2.45) is 5.41 Å². The highest BCUT2D eigenvalue weighted by Crippen LogP contribution is 2.23. The van der Waals surface area contributed by atoms with Crippen LogP contribution in [0.3, 0.4) is 0 Å². The van der Waals surface area contributed by atoms with E-state index in [1.165, 1.54) is 22.7 Å². The molecule has 15 heavy (non-hydrogen) atoms. The quantitative estimate of drug-likeness (QED) is 0.819. The second-order valence-corrected chi connectivity index (χ2v) is 6.23. The van der Waals surface area contributed by atoms with Crippen molar-refractivity contribution >= 4 is 11.3 Å². The number of hydrogen-bond acceptors (Lipinski definition) is 3. The second-order valence-electron chi connectivity index (χ2n) is 4.85. The lowest BCUT2D eigenvalue weighted by atomic mass is 9.90. The summed E-state index contributed by atoms with van der Waals surface area (Å²) in [6.07, 6.45) is 1.30. The predicted octanol–water partition coefficient (Wildman–Crippen LogP) is 2.15. The molecular weight excluding hydrogens is 204 g/mol. The smallest absolute Gasteiger partial charge is 0.0300 e. The lowest BCUT2D eigenvalue weighted by Crippen LogP contribution is -2.33. The molecule has 0 spiro atoms. The molecule has 0 amide bonds. The molecule has 2 rings (SSSR count). The van der Waals surface area contributed by atoms with Gasteiger partial charge in [0.05, 0.1) is 0 Å². The van der Waals surface area contributed by atoms with Crippen LogP contribution in [0.15, 0.2) is 12.1 Å². The number of thiophene rings is 1. The van der Waals surface area contributed by atoms with Gasteiger partial charge in [-0.1, -0.05) is 6.92 Å². The maximum Gasteiger partial charge on any atom is 0.0300 e. The monoisotopic (exact) mass is 224 g/mol. The van der Waals surface area contributed by atoms with E-state index >= 15 is 0 Å². The van der Waals surface area contributed by atoms with Gasteiger partial charge in [-0.3, -0.25) is 0 Å². The molecule has 1 unspecified atom stereocenters. The Balaban J connectivity index is 1.75. The van der Waals surface area contributed by atoms with Crippen LogP contribution in [0.2, 0.25) is 0 Å². The van der Waals surface area contributed by atoms with Gasteiger partial charge in [0.25, 0.3) is 0 Å². The molecule has 1 aliphatic heterocycles. The zero-order chi connectivity index (χ0) is 10.7. The highest BCUT2D eigenvalue weighted by atomic mass is 32.1. The number of rotatable bonds is 4. The molecule has 2 nitrogen and oxygen atoms in total. The minimum Gasteiger partial charge on any atom is -0.316 e. The van der Waals surface area contributed by atoms with Crippen LogP contribution in [-0.2, 0) is 6.54 Å². The molecule has 1 fully saturated rings. The van der Waals surface area contributed by atoms with Crippen LogP contribution in [-0.4, -0.2) is 19.6 Å². The molecule has 1 aromatic heterocycles. The summed E-state index contributed by atoms with van der Waals surface area (Å²) in [6.45, 7) is 9.00. The molecule has 3 heteroatoms. The van der Waals surface area contributed by atoms with E-state index in [9.17, 15) is 0 Å². The van der Waals surface area contributed by atoms with Crippen molar-refractivity contribution in [3.63, 3.8) is 0 Å². The van der Waals surface area contributed by atoms with E-state index < -0.39 is 0 Å². The Labute approximate surface area is 96.1 Å². The highest BCUT2D eigenvalue weighted by Gasteiger charge is 2.27. The lowest BCUT2D eigenvalue weighted by molar-refractivity contribution is 0.340. The Morgan fingerprint density at radius 1 is 1.53 bits per heavy atom. The van der Waals surface area contributed by atoms with E-state index in [1.54, 1.807) is 0 Å². The van der Waals surface area contributed by atoms with Gasteiger partial charge in [0.2, 0.25) is 0 Å². The Bertz CT molecular complexity index is 313. The first-order valence-electron chi connectivity index (χ1n) is 5.65. The Kier molecular flexibility index (Phi) is 3.44. The fraction of sp³-hybridized carbons (Fsp3) is 0.667. The molecule has 1 saturated heterocycles. The predicted molar refractivity (Wildman–Crippen MR) is 66.4 cm³/mol. The van der Waals surface area contributed by atoms with Crippen LogP contribution in [0.25, 0.3) is 0 Å². The first-order valence-corrected chi connectivity index (χ1v) is 6.46. The van der Waals surface area contributed by atoms with Crippen molar-refractivity contribution in [3.8, 4) is 0 Å². The molecule has 0 bridgehead atoms. The lowest BCUT2D eigenvalue weighted by Gasteiger charge is -2.22. The van der Waals surface area contributed by atoms with Crippen molar-refractivity contribution in [1.82, 2.24) is 10.6 Å². The van der Waals surface area contributed by atoms with E-state index in [-0.39, 0.29) is 0 Å². The fourth-order valence-corrected chi connectivity index (χ4v) is 2.95. The number of aryl methyl sites for hydroxylation is 1. The Hall–Kier alpha value is -0.380. The molecule has 1 atom stereocenters. The summed E-state index contributed by atoms with van der Waals surface area (Å²) >= 11 is 1.89. The summed E-state index contributed by atoms with van der Waals surface area (Å²) in [7, 11) is 0. The fourth-order valence-electron chi connectivity index (χ4n) is 2.09. The maximum absolute atomic E-state index is 3.57. The number of nitrogens with one attached hydrogen (secondary N) is 2. The normalized spacial score (nSPS) is 26.0. The minimum absolute atomic E-state index is 0.465. The van der Waals surface area contributed by atoms with Gasteiger partial charge in [-0.25, -0.2) is 0 Å². The molecule has 1 aliphatic rings. The van der Waals surface area contributed by atoms with Crippen molar-refractivity contribution in [2.75, 3.05) is 19.6 Å². The molecule has 2 N–H and O–H groups in total. The molecule has 0 saturated carbocycles. The third-order valence-corrected chi connectivity index (χ3v) is 4.10. The largest absolute Gasteiger partial charge is 0.316 e. The van der Waals surface area contributed by atoms with Gasteiger partial charge in [0, 0.05) is 29.4 Å². The first kappa shape index (κ1) is 11.1. The summed E-state index contributed by atoms with van der Waals surface area (Å²) in [5.41, 5.74) is 0.465. The van der Waals surface area contributed by atoms with Crippen LogP contribution in [0.1, 0.15) is 23.1 Å². The SMILES string of the molecule is Cc1ccc(CNCC2(C)CCNC2)s1. The van der Waals surface area contributed by atoms with Gasteiger partial charge >= 0.3 is 0 Å². The third kappa shape index (κ3) is 3.03. The molecule has 0 radical (unpaired) electrons. The summed E-state index contributed by atoms with van der Waals surface area (Å²) < 4.78 is 0. The molecule has 0 aromatic carbocycles. The second kappa shape index (κ2) is 4.64. The average Bonchev–Trinajstić information content (AvgIpc) is 2.76. The zero-order valence-electron chi connectivity index (χ0n) is 9.60. The summed E-state index contributed by atoms with van der Waals surface area (Å²) in [4.78, 5) is 2.85. The van der Waals surface area contributed by atoms with Gasteiger partial charge in [-0.15, -0.1) is 11.3 Å². The Morgan fingerprint density at radius 3 is 3.00 bits per heavy atom. The van der Waals surface area contributed by atoms with Crippen molar-refractivity contribution in [1.29, 1.82) is 0 Å². The molecule has 0 aliphatic carbocycles. The van der Waals surface area contributed by atoms with Gasteiger partial charge in [-0.2, -0.15) is 0 Å². The van der Waals surface area contributed by atoms with Gasteiger partial charge in [0.1, 0.15) is 0 Å². The maximum atomic E-state index is 3.57. The van der Waals surface area contributed by atoms with Crippen LogP contribution < -0.4 is 10.6 Å². The Morgan fingerprint density at radius 2 is 2.40 bits per heavy atom. The third-order valence-electron chi connectivity index (χ3n) is 3.10. The summed E-state index contributed by atoms with van der Waals surface area (Å²) in [6, 6.07) is 4.42. The molecule has 84 valence electrons. The zero-order valence-corrected chi connectivity index (χ0v) is 10.4. The highest BCUT2D eigenvalue weighted by molar-refractivity contribution is 7.11. The topological polar surface area (TPSA) is 24.1 Å². The molecule has 1 aromatic rings. The van der Waals surface area contributed by atoms with Crippen LogP contribution >= 0.6 is 11.3 Å². The van der Waals surface area contributed by atoms with E-state index in [0.29, 0.717) is 5.41 Å². The van der Waals surface area contributed by atoms with Gasteiger partial charge < -0.3 is 10.6 Å². The van der Waals surface area contributed by atoms with E-state index in [4.69, 9.17) is 0 Å². The van der Waals surface area contributed by atoms with Gasteiger partial charge in [-0.05, 0) is 37.4 Å². The van der Waals surface area contributed by atoms with Crippen LogP contribution in [0.4, 0.5) is 0 Å².